The Labute approximate surface area is 626 Å². The highest BCUT2D eigenvalue weighted by Crippen LogP contribution is 2.12. The van der Waals surface area contributed by atoms with Crippen LogP contribution in [0.4, 0.5) is 0 Å². The van der Waals surface area contributed by atoms with Gasteiger partial charge in [-0.1, -0.05) is 201 Å². The number of nitrogens with one attached hydrogen (secondary N) is 1. The van der Waals surface area contributed by atoms with Gasteiger partial charge in [0.2, 0.25) is 17.7 Å². The molecule has 27 N–H and O–H groups in total. The Morgan fingerprint density at radius 2 is 0.598 bits per heavy atom. The highest BCUT2D eigenvalue weighted by atomic mass is 16.3. The molecule has 0 saturated carbocycles. The second-order valence-electron chi connectivity index (χ2n) is 13.5. The molecule has 622 valence electrons. The first-order valence-corrected chi connectivity index (χ1v) is 31.7. The molecule has 3 aromatic rings. The van der Waals surface area contributed by atoms with Crippen LogP contribution in [0.2, 0.25) is 0 Å². The Balaban J connectivity index is -0.0000000238. The average molecular weight is 1480 g/mol. The minimum atomic E-state index is -0.647. The first-order chi connectivity index (χ1) is 48.3. The van der Waals surface area contributed by atoms with Crippen molar-refractivity contribution >= 4 is 92.4 Å². The number of amides is 3. The smallest absolute Gasteiger partial charge is 0.244 e. The van der Waals surface area contributed by atoms with Crippen molar-refractivity contribution in [2.24, 2.45) is 51.8 Å². The fourth-order valence-electron chi connectivity index (χ4n) is 4.65. The fraction of sp³-hybridized carbons (Fsp3) is 0.562. The molecular formula is C73H170N14O15. The Hall–Kier alpha value is -8.04. The minimum absolute atomic E-state index is 0. The lowest BCUT2D eigenvalue weighted by Gasteiger charge is -2.31. The highest BCUT2D eigenvalue weighted by molar-refractivity contribution is 5.91. The van der Waals surface area contributed by atoms with E-state index in [1.807, 2.05) is 191 Å². The molecule has 3 aromatic carbocycles. The summed E-state index contributed by atoms with van der Waals surface area (Å²) in [5, 5.41) is 10.9. The van der Waals surface area contributed by atoms with Gasteiger partial charge in [0, 0.05) is 39.6 Å². The molecule has 29 nitrogen and oxygen atoms in total. The van der Waals surface area contributed by atoms with Crippen LogP contribution in [0.15, 0.2) is 91.0 Å². The number of carbonyl (C=O) groups excluding carboxylic acids is 14. The van der Waals surface area contributed by atoms with E-state index in [-0.39, 0.29) is 42.3 Å². The SMILES string of the molecule is C=O.C=O.C=O.C=O.C=O.C=O.C=O.C=O.C=O.C=O.C=O.CC.CC.CC.CC.CC.CC(=O)N(C)[C@@H](Cc1ccccc1)C(=O)N[C@@H](C)C(=O)N1CCCCC1.CC(C)O.CCC(C)C.CCc1ccccc1.CCc1ccccc1.CN.CN.CN.CN.CN.CN.CN.CN.N.N.N. The number of nitrogens with zero attached hydrogens (tertiary/aromatic N) is 2. The normalized spacial score (nSPS) is 7.66. The Morgan fingerprint density at radius 3 is 0.755 bits per heavy atom. The second-order valence-corrected chi connectivity index (χ2v) is 13.5. The van der Waals surface area contributed by atoms with Crippen LogP contribution in [-0.2, 0) is 86.4 Å². The Kier molecular flexibility index (Phi) is 513. The van der Waals surface area contributed by atoms with Crippen LogP contribution in [0, 0.1) is 5.92 Å². The van der Waals surface area contributed by atoms with Gasteiger partial charge in [-0.05, 0) is 132 Å². The number of hydrogen-bond donors (Lipinski definition) is 13. The lowest BCUT2D eigenvalue weighted by molar-refractivity contribution is -0.140. The third-order valence-electron chi connectivity index (χ3n) is 8.25. The summed E-state index contributed by atoms with van der Waals surface area (Å²) in [7, 11) is 13.6. The van der Waals surface area contributed by atoms with Gasteiger partial charge in [-0.15, -0.1) is 0 Å². The number of aryl methyl sites for hydroxylation is 2. The Bertz CT molecular complexity index is 1470. The molecule has 1 fully saturated rings. The van der Waals surface area contributed by atoms with E-state index in [9.17, 15) is 14.4 Å². The number of piperidine rings is 1. The summed E-state index contributed by atoms with van der Waals surface area (Å²) < 4.78 is 0. The molecule has 0 unspecified atom stereocenters. The number of nitrogens with two attached hydrogens (primary N) is 8. The van der Waals surface area contributed by atoms with Gasteiger partial charge in [-0.2, -0.15) is 0 Å². The number of rotatable bonds is 9. The molecule has 0 aromatic heterocycles. The van der Waals surface area contributed by atoms with Crippen LogP contribution in [0.5, 0.6) is 0 Å². The standard InChI is InChI=1S/C20H29N3O3.2C8H10.C5H12.C3H8O.5C2H6.8CH5N.11CH2O.3H3N/c1-15(20(26)23-12-8-5-9-13-23)21-19(25)18(22(3)16(2)24)14-17-10-6-4-7-11-17;2*1-2-8-6-4-3-5-7-8;1-4-5(2)3;1-3(2)4;24*1-2;;;/h4,6-7,10-11,15,18H,5,8-9,12-14H2,1-3H3,(H,21,25);2*3-7H,2H2,1H3;5H,4H2,1-3H3;3-4H,1-2H3;5*1-2H3;8*2H2,1H3;11*1H2;3*1H3/t15-,18-;;;;;;;;;;;;;;;;;;;;;;;;;;;;;;;/m0.............................../s1. The number of likely N-dealkylation sites (N-methyl/N-ethyl adjacent to an activating group) is 1. The van der Waals surface area contributed by atoms with Crippen LogP contribution in [0.1, 0.15) is 174 Å². The number of hydrogen-bond acceptors (Lipinski definition) is 26. The molecule has 0 spiro atoms. The number of likely N-dealkylation sites (tertiary alicyclic amines) is 1. The van der Waals surface area contributed by atoms with Gasteiger partial charge >= 0.3 is 0 Å². The number of aliphatic hydroxyl groups is 1. The van der Waals surface area contributed by atoms with E-state index in [1.54, 1.807) is 27.8 Å². The van der Waals surface area contributed by atoms with Crippen molar-refractivity contribution in [3.05, 3.63) is 108 Å². The summed E-state index contributed by atoms with van der Waals surface area (Å²) >= 11 is 0. The molecule has 4 rings (SSSR count). The van der Waals surface area contributed by atoms with Crippen LogP contribution in [0.3, 0.4) is 0 Å². The van der Waals surface area contributed by atoms with Crippen LogP contribution in [-0.4, -0.2) is 202 Å². The van der Waals surface area contributed by atoms with Crippen molar-refractivity contribution in [1.82, 2.24) is 33.6 Å². The van der Waals surface area contributed by atoms with Gasteiger partial charge in [0.1, 0.15) is 86.8 Å². The second kappa shape index (κ2) is 280. The van der Waals surface area contributed by atoms with E-state index in [2.05, 4.69) is 134 Å². The van der Waals surface area contributed by atoms with E-state index in [4.69, 9.17) is 57.8 Å². The number of benzene rings is 3. The van der Waals surface area contributed by atoms with Gasteiger partial charge in [-0.3, -0.25) is 14.4 Å². The van der Waals surface area contributed by atoms with Crippen LogP contribution >= 0.6 is 0 Å². The molecule has 29 heteroatoms. The summed E-state index contributed by atoms with van der Waals surface area (Å²) in [6.07, 6.45) is 6.99. The molecule has 0 bridgehead atoms. The maximum absolute atomic E-state index is 12.8. The lowest BCUT2D eigenvalue weighted by Crippen LogP contribution is -2.54. The van der Waals surface area contributed by atoms with Crippen molar-refractivity contribution < 1.29 is 72.2 Å². The van der Waals surface area contributed by atoms with Gasteiger partial charge in [0.05, 0.1) is 0 Å². The zero-order valence-corrected chi connectivity index (χ0v) is 70.4. The molecule has 2 atom stereocenters. The minimum Gasteiger partial charge on any atom is -0.394 e. The predicted molar refractivity (Wildman–Crippen MR) is 446 cm³/mol. The molecule has 1 saturated heterocycles. The van der Waals surface area contributed by atoms with Crippen molar-refractivity contribution in [3.8, 4) is 0 Å². The first-order valence-electron chi connectivity index (χ1n) is 31.7. The monoisotopic (exact) mass is 1480 g/mol. The van der Waals surface area contributed by atoms with E-state index < -0.39 is 12.1 Å². The van der Waals surface area contributed by atoms with Crippen molar-refractivity contribution in [3.63, 3.8) is 0 Å². The van der Waals surface area contributed by atoms with E-state index in [0.717, 1.165) is 56.7 Å². The third-order valence-corrected chi connectivity index (χ3v) is 8.25. The van der Waals surface area contributed by atoms with E-state index in [1.165, 1.54) is 85.8 Å². The predicted octanol–water partition coefficient (Wildman–Crippen LogP) is 8.71. The molecular weight excluding hydrogens is 1310 g/mol. The lowest BCUT2D eigenvalue weighted by atomic mass is 10.0. The highest BCUT2D eigenvalue weighted by Gasteiger charge is 2.29. The molecule has 1 aliphatic rings. The molecule has 102 heavy (non-hydrogen) atoms. The summed E-state index contributed by atoms with van der Waals surface area (Å²) in [5.41, 5.74) is 39.8. The largest absolute Gasteiger partial charge is 0.394 e. The van der Waals surface area contributed by atoms with Gasteiger partial charge in [0.15, 0.2) is 0 Å². The van der Waals surface area contributed by atoms with Crippen molar-refractivity contribution in [1.29, 1.82) is 0 Å². The topological polar surface area (TPSA) is 591 Å². The molecule has 1 aliphatic heterocycles. The zero-order chi connectivity index (χ0) is 86.6. The van der Waals surface area contributed by atoms with E-state index in [0.29, 0.717) is 6.42 Å². The Morgan fingerprint density at radius 1 is 0.412 bits per heavy atom. The van der Waals surface area contributed by atoms with Gasteiger partial charge in [0.25, 0.3) is 0 Å². The first kappa shape index (κ1) is 187. The average Bonchev–Trinajstić information content (AvgIpc) is 0.854. The van der Waals surface area contributed by atoms with Gasteiger partial charge < -0.3 is 137 Å². The summed E-state index contributed by atoms with van der Waals surface area (Å²) in [5.74, 6) is 0.345. The van der Waals surface area contributed by atoms with E-state index >= 15 is 0 Å². The number of carbonyl (C=O) groups is 14. The summed E-state index contributed by atoms with van der Waals surface area (Å²) in [6.45, 7) is 61.1. The molecule has 0 aliphatic carbocycles. The van der Waals surface area contributed by atoms with Crippen LogP contribution in [0.25, 0.3) is 0 Å². The van der Waals surface area contributed by atoms with Crippen LogP contribution < -0.4 is 69.6 Å². The maximum atomic E-state index is 12.8. The maximum Gasteiger partial charge on any atom is 0.244 e. The number of aliphatic hydroxyl groups excluding tert-OH is 1. The molecule has 1 heterocycles. The fourth-order valence-corrected chi connectivity index (χ4v) is 4.65. The molecule has 0 radical (unpaired) electrons. The zero-order valence-electron chi connectivity index (χ0n) is 70.4. The van der Waals surface area contributed by atoms with Gasteiger partial charge in [-0.25, -0.2) is 0 Å². The molecule has 3 amide bonds. The quantitative estimate of drug-likeness (QED) is 0.0952. The summed E-state index contributed by atoms with van der Waals surface area (Å²) in [6, 6.07) is 29.2. The third kappa shape index (κ3) is 226. The van der Waals surface area contributed by atoms with Crippen molar-refractivity contribution in [2.45, 2.75) is 195 Å². The van der Waals surface area contributed by atoms with Crippen molar-refractivity contribution in [2.75, 3.05) is 76.5 Å². The summed E-state index contributed by atoms with van der Waals surface area (Å²) in [4.78, 5) is 128.